The van der Waals surface area contributed by atoms with Gasteiger partial charge in [0, 0.05) is 5.56 Å². The number of ether oxygens (including phenoxy) is 2. The van der Waals surface area contributed by atoms with Crippen molar-refractivity contribution in [1.82, 2.24) is 4.98 Å². The molecule has 0 atom stereocenters. The minimum absolute atomic E-state index is 0.0785. The summed E-state index contributed by atoms with van der Waals surface area (Å²) in [6.07, 6.45) is -3.43. The average molecular weight is 284 g/mol. The van der Waals surface area contributed by atoms with E-state index in [0.29, 0.717) is 11.3 Å². The minimum atomic E-state index is -4.79. The van der Waals surface area contributed by atoms with Crippen LogP contribution < -0.4 is 15.2 Å². The Kier molecular flexibility index (Phi) is 3.69. The lowest BCUT2D eigenvalue weighted by atomic mass is 10.3. The molecule has 0 unspecified atom stereocenters. The van der Waals surface area contributed by atoms with Crippen LogP contribution in [0.25, 0.3) is 0 Å². The van der Waals surface area contributed by atoms with Crippen LogP contribution in [0.4, 0.5) is 18.9 Å². The van der Waals surface area contributed by atoms with Crippen molar-refractivity contribution in [2.45, 2.75) is 13.3 Å². The van der Waals surface area contributed by atoms with Crippen molar-refractivity contribution in [2.75, 3.05) is 5.73 Å². The Morgan fingerprint density at radius 3 is 2.40 bits per heavy atom. The molecule has 0 aliphatic carbocycles. The highest BCUT2D eigenvalue weighted by molar-refractivity contribution is 5.46. The van der Waals surface area contributed by atoms with E-state index >= 15 is 0 Å². The van der Waals surface area contributed by atoms with E-state index < -0.39 is 12.1 Å². The summed E-state index contributed by atoms with van der Waals surface area (Å²) in [5.74, 6) is -0.347. The highest BCUT2D eigenvalue weighted by atomic mass is 19.4. The van der Waals surface area contributed by atoms with Crippen molar-refractivity contribution in [3.05, 3.63) is 42.1 Å². The first-order valence-corrected chi connectivity index (χ1v) is 5.60. The number of alkyl halides is 3. The third kappa shape index (κ3) is 3.53. The third-order valence-corrected chi connectivity index (χ3v) is 2.33. The minimum Gasteiger partial charge on any atom is -0.435 e. The fourth-order valence-electron chi connectivity index (χ4n) is 1.54. The van der Waals surface area contributed by atoms with E-state index in [9.17, 15) is 13.2 Å². The largest absolute Gasteiger partial charge is 0.573 e. The molecule has 0 aliphatic rings. The highest BCUT2D eigenvalue weighted by Crippen LogP contribution is 2.35. The molecule has 0 radical (unpaired) electrons. The van der Waals surface area contributed by atoms with Gasteiger partial charge in [-0.25, -0.2) is 4.98 Å². The number of benzene rings is 1. The van der Waals surface area contributed by atoms with E-state index in [1.807, 2.05) is 0 Å². The van der Waals surface area contributed by atoms with Crippen molar-refractivity contribution in [2.24, 2.45) is 0 Å². The number of anilines is 1. The SMILES string of the molecule is Cc1cc(N)cnc1Oc1ccccc1OC(F)(F)F. The molecule has 0 spiro atoms. The summed E-state index contributed by atoms with van der Waals surface area (Å²) in [6, 6.07) is 7.08. The van der Waals surface area contributed by atoms with Crippen LogP contribution in [-0.2, 0) is 0 Å². The lowest BCUT2D eigenvalue weighted by Gasteiger charge is -2.14. The van der Waals surface area contributed by atoms with Gasteiger partial charge < -0.3 is 15.2 Å². The second-order valence-corrected chi connectivity index (χ2v) is 3.99. The molecule has 106 valence electrons. The smallest absolute Gasteiger partial charge is 0.435 e. The molecule has 1 aromatic carbocycles. The molecule has 2 N–H and O–H groups in total. The first-order chi connectivity index (χ1) is 9.35. The van der Waals surface area contributed by atoms with Gasteiger partial charge in [0.05, 0.1) is 11.9 Å². The van der Waals surface area contributed by atoms with Gasteiger partial charge in [-0.1, -0.05) is 12.1 Å². The van der Waals surface area contributed by atoms with Gasteiger partial charge in [0.15, 0.2) is 11.5 Å². The number of aromatic nitrogens is 1. The Morgan fingerprint density at radius 2 is 1.80 bits per heavy atom. The number of hydrogen-bond acceptors (Lipinski definition) is 4. The zero-order valence-electron chi connectivity index (χ0n) is 10.4. The molecule has 2 rings (SSSR count). The Morgan fingerprint density at radius 1 is 1.15 bits per heavy atom. The zero-order chi connectivity index (χ0) is 14.8. The van der Waals surface area contributed by atoms with Gasteiger partial charge in [0.25, 0.3) is 0 Å². The molecular weight excluding hydrogens is 273 g/mol. The number of pyridine rings is 1. The van der Waals surface area contributed by atoms with Gasteiger partial charge in [-0.2, -0.15) is 0 Å². The second-order valence-electron chi connectivity index (χ2n) is 3.99. The number of halogens is 3. The molecule has 20 heavy (non-hydrogen) atoms. The van der Waals surface area contributed by atoms with Crippen molar-refractivity contribution in [3.8, 4) is 17.4 Å². The molecule has 0 bridgehead atoms. The lowest BCUT2D eigenvalue weighted by Crippen LogP contribution is -2.17. The fourth-order valence-corrected chi connectivity index (χ4v) is 1.54. The van der Waals surface area contributed by atoms with Crippen LogP contribution in [0.15, 0.2) is 36.5 Å². The number of nitrogen functional groups attached to an aromatic ring is 1. The molecule has 7 heteroatoms. The van der Waals surface area contributed by atoms with Gasteiger partial charge in [0.2, 0.25) is 5.88 Å². The summed E-state index contributed by atoms with van der Waals surface area (Å²) >= 11 is 0. The average Bonchev–Trinajstić information content (AvgIpc) is 2.33. The van der Waals surface area contributed by atoms with Crippen LogP contribution in [0.1, 0.15) is 5.56 Å². The number of para-hydroxylation sites is 2. The number of nitrogens with two attached hydrogens (primary N) is 1. The highest BCUT2D eigenvalue weighted by Gasteiger charge is 2.32. The molecule has 1 heterocycles. The van der Waals surface area contributed by atoms with Gasteiger partial charge in [-0.3, -0.25) is 0 Å². The van der Waals surface area contributed by atoms with Crippen molar-refractivity contribution in [1.29, 1.82) is 0 Å². The predicted octanol–water partition coefficient (Wildman–Crippen LogP) is 3.66. The normalized spacial score (nSPS) is 11.2. The molecule has 0 saturated heterocycles. The Labute approximate surface area is 113 Å². The maximum atomic E-state index is 12.3. The summed E-state index contributed by atoms with van der Waals surface area (Å²) in [7, 11) is 0. The third-order valence-electron chi connectivity index (χ3n) is 2.33. The standard InChI is InChI=1S/C13H11F3N2O2/c1-8-6-9(17)7-18-12(8)19-10-4-2-3-5-11(10)20-13(14,15)16/h2-7H,17H2,1H3. The van der Waals surface area contributed by atoms with Gasteiger partial charge in [-0.05, 0) is 25.1 Å². The van der Waals surface area contributed by atoms with Crippen LogP contribution in [0.3, 0.4) is 0 Å². The molecule has 0 saturated carbocycles. The van der Waals surface area contributed by atoms with E-state index in [2.05, 4.69) is 9.72 Å². The van der Waals surface area contributed by atoms with Crippen molar-refractivity contribution in [3.63, 3.8) is 0 Å². The molecule has 4 nitrogen and oxygen atoms in total. The van der Waals surface area contributed by atoms with E-state index in [-0.39, 0.29) is 11.6 Å². The molecule has 0 fully saturated rings. The molecule has 0 amide bonds. The summed E-state index contributed by atoms with van der Waals surface area (Å²) in [4.78, 5) is 3.93. The summed E-state index contributed by atoms with van der Waals surface area (Å²) < 4.78 is 46.1. The van der Waals surface area contributed by atoms with Crippen LogP contribution >= 0.6 is 0 Å². The van der Waals surface area contributed by atoms with Gasteiger partial charge in [0.1, 0.15) is 0 Å². The maximum absolute atomic E-state index is 12.3. The summed E-state index contributed by atoms with van der Waals surface area (Å²) in [6.45, 7) is 1.69. The first kappa shape index (κ1) is 14.0. The molecule has 2 aromatic rings. The van der Waals surface area contributed by atoms with Crippen LogP contribution in [0.5, 0.6) is 17.4 Å². The maximum Gasteiger partial charge on any atom is 0.573 e. The lowest BCUT2D eigenvalue weighted by molar-refractivity contribution is -0.275. The summed E-state index contributed by atoms with van der Waals surface area (Å²) in [5.41, 5.74) is 6.59. The van der Waals surface area contributed by atoms with Crippen molar-refractivity contribution < 1.29 is 22.6 Å². The van der Waals surface area contributed by atoms with E-state index in [0.717, 1.165) is 6.07 Å². The monoisotopic (exact) mass is 284 g/mol. The second kappa shape index (κ2) is 5.28. The van der Waals surface area contributed by atoms with Crippen LogP contribution in [-0.4, -0.2) is 11.3 Å². The predicted molar refractivity (Wildman–Crippen MR) is 66.6 cm³/mol. The Hall–Kier alpha value is -2.44. The number of rotatable bonds is 3. The quantitative estimate of drug-likeness (QED) is 0.934. The topological polar surface area (TPSA) is 57.4 Å². The van der Waals surface area contributed by atoms with Gasteiger partial charge in [-0.15, -0.1) is 13.2 Å². The number of hydrogen-bond donors (Lipinski definition) is 1. The molecule has 1 aromatic heterocycles. The van der Waals surface area contributed by atoms with Crippen LogP contribution in [0, 0.1) is 6.92 Å². The van der Waals surface area contributed by atoms with Gasteiger partial charge >= 0.3 is 6.36 Å². The first-order valence-electron chi connectivity index (χ1n) is 5.60. The zero-order valence-corrected chi connectivity index (χ0v) is 10.4. The van der Waals surface area contributed by atoms with Crippen LogP contribution in [0.2, 0.25) is 0 Å². The molecular formula is C13H11F3N2O2. The van der Waals surface area contributed by atoms with E-state index in [4.69, 9.17) is 10.5 Å². The summed E-state index contributed by atoms with van der Waals surface area (Å²) in [5, 5.41) is 0. The van der Waals surface area contributed by atoms with Crippen molar-refractivity contribution >= 4 is 5.69 Å². The number of aryl methyl sites for hydroxylation is 1. The number of nitrogens with zero attached hydrogens (tertiary/aromatic N) is 1. The Bertz CT molecular complexity index is 615. The van der Waals surface area contributed by atoms with E-state index in [1.165, 1.54) is 24.4 Å². The Balaban J connectivity index is 2.29. The van der Waals surface area contributed by atoms with E-state index in [1.54, 1.807) is 13.0 Å². The fraction of sp³-hybridized carbons (Fsp3) is 0.154. The molecule has 0 aliphatic heterocycles.